The molecule has 0 saturated heterocycles. The molecule has 0 aliphatic rings. The van der Waals surface area contributed by atoms with Crippen molar-refractivity contribution >= 4 is 17.2 Å². The molecule has 0 aromatic heterocycles. The molecule has 0 fully saturated rings. The highest BCUT2D eigenvalue weighted by Crippen LogP contribution is 2.52. The number of hydrogen-bond acceptors (Lipinski definition) is 9. The first-order valence-electron chi connectivity index (χ1n) is 14.5. The van der Waals surface area contributed by atoms with E-state index in [1.54, 1.807) is 0 Å². The van der Waals surface area contributed by atoms with Crippen molar-refractivity contribution in [3.63, 3.8) is 0 Å². The number of aryl methyl sites for hydroxylation is 1. The van der Waals surface area contributed by atoms with Crippen LogP contribution in [0.25, 0.3) is 0 Å². The Morgan fingerprint density at radius 3 is 1.44 bits per heavy atom. The van der Waals surface area contributed by atoms with Gasteiger partial charge in [0.15, 0.2) is 0 Å². The second-order valence-electron chi connectivity index (χ2n) is 13.5. The molecule has 0 amide bonds. The maximum Gasteiger partial charge on any atom is 0.337 e. The molecule has 9 nitrogen and oxygen atoms in total. The molecule has 0 heterocycles. The highest BCUT2D eigenvalue weighted by Gasteiger charge is 2.33. The van der Waals surface area contributed by atoms with E-state index in [4.69, 9.17) is 29.3 Å². The fourth-order valence-electron chi connectivity index (χ4n) is 4.36. The highest BCUT2D eigenvalue weighted by molar-refractivity contribution is 7.54. The van der Waals surface area contributed by atoms with Crippen molar-refractivity contribution in [2.24, 2.45) is 11.3 Å². The molecule has 2 atom stereocenters. The lowest BCUT2D eigenvalue weighted by Gasteiger charge is -2.35. The maximum absolute atomic E-state index is 10.3. The summed E-state index contributed by atoms with van der Waals surface area (Å²) in [5, 5.41) is 34.0. The first-order valence-corrected chi connectivity index (χ1v) is 16.8. The van der Waals surface area contributed by atoms with Gasteiger partial charge in [0, 0.05) is 0 Å². The van der Waals surface area contributed by atoms with E-state index < -0.39 is 49.0 Å². The van der Waals surface area contributed by atoms with Crippen molar-refractivity contribution in [2.75, 3.05) is 26.4 Å². The van der Waals surface area contributed by atoms with E-state index in [-0.39, 0.29) is 16.9 Å². The molecular formula is C30H58O9P2. The normalized spacial score (nSPS) is 14.3. The Morgan fingerprint density at radius 2 is 1.12 bits per heavy atom. The van der Waals surface area contributed by atoms with Gasteiger partial charge in [-0.05, 0) is 46.8 Å². The Bertz CT molecular complexity index is 795. The molecule has 1 aromatic rings. The molecule has 0 aliphatic carbocycles. The average molecular weight is 625 g/mol. The van der Waals surface area contributed by atoms with E-state index in [0.29, 0.717) is 0 Å². The molecular weight excluding hydrogens is 566 g/mol. The van der Waals surface area contributed by atoms with Crippen LogP contribution in [-0.2, 0) is 19.7 Å². The summed E-state index contributed by atoms with van der Waals surface area (Å²) in [6, 6.07) is 4.43. The summed E-state index contributed by atoms with van der Waals surface area (Å²) in [5.41, 5.74) is 3.37. The predicted octanol–water partition coefficient (Wildman–Crippen LogP) is 6.03. The second kappa shape index (κ2) is 19.2. The Kier molecular flexibility index (Phi) is 19.0. The summed E-state index contributed by atoms with van der Waals surface area (Å²) in [7, 11) is -5.07. The maximum atomic E-state index is 10.3. The predicted molar refractivity (Wildman–Crippen MR) is 167 cm³/mol. The first kappa shape index (κ1) is 40.7. The zero-order valence-electron chi connectivity index (χ0n) is 26.7. The van der Waals surface area contributed by atoms with Crippen molar-refractivity contribution in [3.05, 3.63) is 34.4 Å². The zero-order chi connectivity index (χ0) is 32.0. The third-order valence-corrected chi connectivity index (χ3v) is 8.54. The lowest BCUT2D eigenvalue weighted by molar-refractivity contribution is -0.0328. The standard InChI is InChI=1S/C25H46O5P2.C5H12O4/c1-18(2)14-12-10-11-13-15-22(29-32(28)30-31(26)27)23-20(24(4,5)6)16-19(3)17-21(23)25(7,8)9;6-1-5(2-7,3-8)4-9/h16-18,22,26-28H,10-15H2,1-9H3;6-9H,1-4H2. The van der Waals surface area contributed by atoms with Gasteiger partial charge in [0.1, 0.15) is 0 Å². The number of aliphatic hydroxyl groups excluding tert-OH is 4. The third kappa shape index (κ3) is 15.3. The molecule has 0 bridgehead atoms. The molecule has 7 N–H and O–H groups in total. The lowest BCUT2D eigenvalue weighted by Crippen LogP contribution is -2.37. The molecule has 1 aromatic carbocycles. The van der Waals surface area contributed by atoms with Crippen LogP contribution in [-0.4, -0.2) is 61.5 Å². The SMILES string of the molecule is Cc1cc(C(C)(C)C)c(C(CCCCCCC(C)C)OP(O)OP(O)O)c(C(C)(C)C)c1.OCC(CO)(CO)CO. The topological polar surface area (TPSA) is 160 Å². The van der Waals surface area contributed by atoms with Crippen LogP contribution in [0.15, 0.2) is 12.1 Å². The first-order chi connectivity index (χ1) is 18.9. The van der Waals surface area contributed by atoms with Gasteiger partial charge in [-0.25, -0.2) is 4.31 Å². The monoisotopic (exact) mass is 624 g/mol. The van der Waals surface area contributed by atoms with Gasteiger partial charge in [-0.1, -0.05) is 105 Å². The summed E-state index contributed by atoms with van der Waals surface area (Å²) in [5.74, 6) is 0.726. The fourth-order valence-corrected chi connectivity index (χ4v) is 5.44. The van der Waals surface area contributed by atoms with Crippen LogP contribution < -0.4 is 0 Å². The van der Waals surface area contributed by atoms with Gasteiger partial charge < -0.3 is 39.6 Å². The summed E-state index contributed by atoms with van der Waals surface area (Å²) in [6.07, 6.45) is 6.09. The quantitative estimate of drug-likeness (QED) is 0.0860. The van der Waals surface area contributed by atoms with Crippen LogP contribution in [0.4, 0.5) is 0 Å². The van der Waals surface area contributed by atoms with E-state index in [1.165, 1.54) is 36.0 Å². The van der Waals surface area contributed by atoms with Gasteiger partial charge in [0.2, 0.25) is 0 Å². The minimum atomic E-state index is -2.68. The van der Waals surface area contributed by atoms with E-state index in [2.05, 4.69) is 74.4 Å². The number of aliphatic hydroxyl groups is 4. The van der Waals surface area contributed by atoms with Crippen LogP contribution in [0.3, 0.4) is 0 Å². The van der Waals surface area contributed by atoms with Gasteiger partial charge >= 0.3 is 17.2 Å². The molecule has 0 spiro atoms. The fraction of sp³-hybridized carbons (Fsp3) is 0.800. The Morgan fingerprint density at radius 1 is 0.707 bits per heavy atom. The van der Waals surface area contributed by atoms with Gasteiger partial charge in [-0.2, -0.15) is 0 Å². The summed E-state index contributed by atoms with van der Waals surface area (Å²) in [4.78, 5) is 28.7. The Labute approximate surface area is 251 Å². The molecule has 2 unspecified atom stereocenters. The van der Waals surface area contributed by atoms with Crippen molar-refractivity contribution in [1.29, 1.82) is 0 Å². The third-order valence-electron chi connectivity index (χ3n) is 6.96. The number of hydrogen-bond donors (Lipinski definition) is 7. The van der Waals surface area contributed by atoms with Crippen LogP contribution in [0.1, 0.15) is 122 Å². The molecule has 0 saturated carbocycles. The smallest absolute Gasteiger partial charge is 0.337 e. The van der Waals surface area contributed by atoms with Crippen molar-refractivity contribution in [2.45, 2.75) is 118 Å². The van der Waals surface area contributed by atoms with Crippen LogP contribution in [0.5, 0.6) is 0 Å². The van der Waals surface area contributed by atoms with Crippen LogP contribution in [0, 0.1) is 18.3 Å². The van der Waals surface area contributed by atoms with Gasteiger partial charge in [-0.15, -0.1) is 0 Å². The van der Waals surface area contributed by atoms with E-state index >= 15 is 0 Å². The zero-order valence-corrected chi connectivity index (χ0v) is 28.5. The molecule has 0 aliphatic heterocycles. The number of benzene rings is 1. The molecule has 1 rings (SSSR count). The summed E-state index contributed by atoms with van der Waals surface area (Å²) >= 11 is 0. The minimum absolute atomic E-state index is 0.111. The molecule has 0 radical (unpaired) electrons. The largest absolute Gasteiger partial charge is 0.396 e. The molecule has 242 valence electrons. The van der Waals surface area contributed by atoms with E-state index in [0.717, 1.165) is 30.7 Å². The van der Waals surface area contributed by atoms with Crippen LogP contribution >= 0.6 is 17.2 Å². The Hall–Kier alpha value is -0.280. The Balaban J connectivity index is 0.00000152. The molecule has 41 heavy (non-hydrogen) atoms. The molecule has 11 heteroatoms. The van der Waals surface area contributed by atoms with E-state index in [1.807, 2.05) is 0 Å². The lowest BCUT2D eigenvalue weighted by atomic mass is 9.73. The average Bonchev–Trinajstić information content (AvgIpc) is 2.85. The highest BCUT2D eigenvalue weighted by atomic mass is 31.2. The minimum Gasteiger partial charge on any atom is -0.396 e. The summed E-state index contributed by atoms with van der Waals surface area (Å²) < 4.78 is 10.8. The van der Waals surface area contributed by atoms with Gasteiger partial charge in [0.25, 0.3) is 0 Å². The second-order valence-corrected chi connectivity index (χ2v) is 15.3. The van der Waals surface area contributed by atoms with Crippen LogP contribution in [0.2, 0.25) is 0 Å². The van der Waals surface area contributed by atoms with Gasteiger partial charge in [-0.3, -0.25) is 0 Å². The number of rotatable bonds is 16. The van der Waals surface area contributed by atoms with Crippen molar-refractivity contribution < 1.29 is 43.9 Å². The van der Waals surface area contributed by atoms with Crippen molar-refractivity contribution in [1.82, 2.24) is 0 Å². The van der Waals surface area contributed by atoms with E-state index in [9.17, 15) is 14.7 Å². The van der Waals surface area contributed by atoms with Gasteiger partial charge in [0.05, 0.1) is 37.9 Å². The summed E-state index contributed by atoms with van der Waals surface area (Å²) in [6.45, 7) is 18.2. The van der Waals surface area contributed by atoms with Crippen molar-refractivity contribution in [3.8, 4) is 0 Å². The number of unbranched alkanes of at least 4 members (excludes halogenated alkanes) is 3.